The molecule has 1 amide bonds. The first-order valence-corrected chi connectivity index (χ1v) is 7.77. The highest BCUT2D eigenvalue weighted by Crippen LogP contribution is 2.30. The molecule has 1 aliphatic carbocycles. The van der Waals surface area contributed by atoms with Gasteiger partial charge in [-0.3, -0.25) is 9.59 Å². The molecule has 2 unspecified atom stereocenters. The van der Waals surface area contributed by atoms with Crippen LogP contribution in [0.2, 0.25) is 0 Å². The molecule has 0 spiro atoms. The summed E-state index contributed by atoms with van der Waals surface area (Å²) in [5.41, 5.74) is 5.90. The first-order valence-electron chi connectivity index (χ1n) is 7.77. The van der Waals surface area contributed by atoms with Crippen molar-refractivity contribution < 1.29 is 4.79 Å². The van der Waals surface area contributed by atoms with E-state index in [1.165, 1.54) is 42.5 Å². The molecule has 5 heteroatoms. The molecule has 5 nitrogen and oxygen atoms in total. The molecule has 0 bridgehead atoms. The van der Waals surface area contributed by atoms with Gasteiger partial charge in [-0.05, 0) is 30.7 Å². The number of nitrogens with two attached hydrogens (primary N) is 1. The number of hydrogen-bond donors (Lipinski definition) is 2. The Balaban J connectivity index is 1.74. The van der Waals surface area contributed by atoms with E-state index in [9.17, 15) is 9.59 Å². The molecule has 2 atom stereocenters. The zero-order valence-electron chi connectivity index (χ0n) is 12.7. The van der Waals surface area contributed by atoms with Gasteiger partial charge in [0.25, 0.3) is 5.56 Å². The average molecular weight is 291 g/mol. The van der Waals surface area contributed by atoms with Crippen molar-refractivity contribution in [1.82, 2.24) is 9.88 Å². The van der Waals surface area contributed by atoms with Gasteiger partial charge in [0.2, 0.25) is 5.91 Å². The predicted molar refractivity (Wildman–Crippen MR) is 83.9 cm³/mol. The normalized spacial score (nSPS) is 22.0. The molecule has 1 fully saturated rings. The maximum Gasteiger partial charge on any atom is 0.251 e. The van der Waals surface area contributed by atoms with Crippen LogP contribution in [0, 0.1) is 11.8 Å². The fraction of sp³-hybridized carbons (Fsp3) is 0.625. The van der Waals surface area contributed by atoms with Gasteiger partial charge in [-0.1, -0.05) is 26.2 Å². The number of nitrogens with one attached hydrogen (secondary N) is 1. The van der Waals surface area contributed by atoms with E-state index in [0.717, 1.165) is 18.3 Å². The second-order valence-corrected chi connectivity index (χ2v) is 6.21. The van der Waals surface area contributed by atoms with Gasteiger partial charge in [-0.25, -0.2) is 0 Å². The zero-order valence-corrected chi connectivity index (χ0v) is 12.7. The van der Waals surface area contributed by atoms with E-state index in [-0.39, 0.29) is 18.0 Å². The fourth-order valence-corrected chi connectivity index (χ4v) is 3.12. The Morgan fingerprint density at radius 2 is 2.24 bits per heavy atom. The van der Waals surface area contributed by atoms with Crippen molar-refractivity contribution in [3.8, 4) is 0 Å². The summed E-state index contributed by atoms with van der Waals surface area (Å²) in [6.07, 6.45) is 7.71. The molecule has 1 aromatic heterocycles. The van der Waals surface area contributed by atoms with E-state index in [4.69, 9.17) is 5.73 Å². The third-order valence-corrected chi connectivity index (χ3v) is 4.24. The molecule has 1 aromatic rings. The molecular formula is C16H25N3O2. The predicted octanol–water partition coefficient (Wildman–Crippen LogP) is 1.76. The highest BCUT2D eigenvalue weighted by molar-refractivity contribution is 5.75. The number of anilines is 1. The van der Waals surface area contributed by atoms with Crippen LogP contribution in [0.5, 0.6) is 0 Å². The minimum atomic E-state index is -0.208. The summed E-state index contributed by atoms with van der Waals surface area (Å²) in [5, 5.41) is 2.90. The molecule has 0 aliphatic heterocycles. The minimum absolute atomic E-state index is 0.0327. The molecule has 116 valence electrons. The molecule has 0 radical (unpaired) electrons. The van der Waals surface area contributed by atoms with E-state index in [1.54, 1.807) is 6.07 Å². The summed E-state index contributed by atoms with van der Waals surface area (Å²) >= 11 is 0. The van der Waals surface area contributed by atoms with E-state index in [0.29, 0.717) is 12.2 Å². The first kappa shape index (κ1) is 15.6. The van der Waals surface area contributed by atoms with Gasteiger partial charge in [0.15, 0.2) is 0 Å². The summed E-state index contributed by atoms with van der Waals surface area (Å²) in [6, 6.07) is 2.92. The number of amides is 1. The Kier molecular flexibility index (Phi) is 5.42. The standard InChI is InChI=1S/C16H25N3O2/c1-12-3-2-4-13(9-12)7-8-18-15(20)11-19-10-14(17)5-6-16(19)21/h5-6,10,12-13H,2-4,7-9,11,17H2,1H3,(H,18,20). The summed E-state index contributed by atoms with van der Waals surface area (Å²) in [4.78, 5) is 23.5. The van der Waals surface area contributed by atoms with E-state index in [1.807, 2.05) is 0 Å². The van der Waals surface area contributed by atoms with Crippen LogP contribution < -0.4 is 16.6 Å². The highest BCUT2D eigenvalue weighted by atomic mass is 16.2. The number of nitrogens with zero attached hydrogens (tertiary/aromatic N) is 1. The zero-order chi connectivity index (χ0) is 15.2. The topological polar surface area (TPSA) is 77.1 Å². The Morgan fingerprint density at radius 1 is 1.43 bits per heavy atom. The molecule has 0 aromatic carbocycles. The summed E-state index contributed by atoms with van der Waals surface area (Å²) in [6.45, 7) is 3.02. The summed E-state index contributed by atoms with van der Waals surface area (Å²) in [5.74, 6) is 1.40. The van der Waals surface area contributed by atoms with E-state index in [2.05, 4.69) is 12.2 Å². The van der Waals surface area contributed by atoms with Crippen molar-refractivity contribution in [2.24, 2.45) is 11.8 Å². The number of carbonyl (C=O) groups excluding carboxylic acids is 1. The quantitative estimate of drug-likeness (QED) is 0.868. The van der Waals surface area contributed by atoms with Crippen LogP contribution in [0.1, 0.15) is 39.0 Å². The summed E-state index contributed by atoms with van der Waals surface area (Å²) in [7, 11) is 0. The summed E-state index contributed by atoms with van der Waals surface area (Å²) < 4.78 is 1.34. The van der Waals surface area contributed by atoms with Crippen molar-refractivity contribution in [3.63, 3.8) is 0 Å². The van der Waals surface area contributed by atoms with Crippen LogP contribution >= 0.6 is 0 Å². The van der Waals surface area contributed by atoms with Gasteiger partial charge in [-0.15, -0.1) is 0 Å². The SMILES string of the molecule is CC1CCCC(CCNC(=O)Cn2cc(N)ccc2=O)C1. The third-order valence-electron chi connectivity index (χ3n) is 4.24. The Morgan fingerprint density at radius 3 is 3.00 bits per heavy atom. The maximum atomic E-state index is 11.9. The van der Waals surface area contributed by atoms with Crippen molar-refractivity contribution in [3.05, 3.63) is 28.7 Å². The van der Waals surface area contributed by atoms with Gasteiger partial charge < -0.3 is 15.6 Å². The van der Waals surface area contributed by atoms with Crippen LogP contribution in [-0.4, -0.2) is 17.0 Å². The highest BCUT2D eigenvalue weighted by Gasteiger charge is 2.18. The van der Waals surface area contributed by atoms with Crippen molar-refractivity contribution in [2.45, 2.75) is 45.6 Å². The molecule has 0 saturated heterocycles. The number of carbonyl (C=O) groups is 1. The second kappa shape index (κ2) is 7.29. The van der Waals surface area contributed by atoms with E-state index >= 15 is 0 Å². The van der Waals surface area contributed by atoms with Crippen LogP contribution in [0.25, 0.3) is 0 Å². The molecule has 21 heavy (non-hydrogen) atoms. The third kappa shape index (κ3) is 4.92. The Bertz CT molecular complexity index is 539. The van der Waals surface area contributed by atoms with Crippen LogP contribution in [-0.2, 0) is 11.3 Å². The fourth-order valence-electron chi connectivity index (χ4n) is 3.12. The largest absolute Gasteiger partial charge is 0.398 e. The Hall–Kier alpha value is -1.78. The van der Waals surface area contributed by atoms with Crippen molar-refractivity contribution in [2.75, 3.05) is 12.3 Å². The number of aromatic nitrogens is 1. The number of rotatable bonds is 5. The lowest BCUT2D eigenvalue weighted by Gasteiger charge is -2.26. The van der Waals surface area contributed by atoms with Gasteiger partial charge in [0.05, 0.1) is 0 Å². The first-order chi connectivity index (χ1) is 10.0. The van der Waals surface area contributed by atoms with Crippen LogP contribution in [0.4, 0.5) is 5.69 Å². The lowest BCUT2D eigenvalue weighted by Crippen LogP contribution is -2.33. The van der Waals surface area contributed by atoms with E-state index < -0.39 is 0 Å². The second-order valence-electron chi connectivity index (χ2n) is 6.21. The molecule has 1 saturated carbocycles. The molecule has 3 N–H and O–H groups in total. The van der Waals surface area contributed by atoms with Gasteiger partial charge >= 0.3 is 0 Å². The lowest BCUT2D eigenvalue weighted by molar-refractivity contribution is -0.121. The van der Waals surface area contributed by atoms with Crippen LogP contribution in [0.3, 0.4) is 0 Å². The molecule has 1 heterocycles. The van der Waals surface area contributed by atoms with Gasteiger partial charge in [0, 0.05) is 24.5 Å². The lowest BCUT2D eigenvalue weighted by atomic mass is 9.81. The van der Waals surface area contributed by atoms with Crippen molar-refractivity contribution >= 4 is 11.6 Å². The number of hydrogen-bond acceptors (Lipinski definition) is 3. The smallest absolute Gasteiger partial charge is 0.251 e. The van der Waals surface area contributed by atoms with Crippen molar-refractivity contribution in [1.29, 1.82) is 0 Å². The molecule has 2 rings (SSSR count). The number of nitrogen functional groups attached to an aromatic ring is 1. The molecular weight excluding hydrogens is 266 g/mol. The van der Waals surface area contributed by atoms with Crippen LogP contribution in [0.15, 0.2) is 23.1 Å². The number of pyridine rings is 1. The van der Waals surface area contributed by atoms with Gasteiger partial charge in [-0.2, -0.15) is 0 Å². The van der Waals surface area contributed by atoms with Gasteiger partial charge in [0.1, 0.15) is 6.54 Å². The maximum absolute atomic E-state index is 11.9. The minimum Gasteiger partial charge on any atom is -0.398 e. The monoisotopic (exact) mass is 291 g/mol. The molecule has 1 aliphatic rings. The average Bonchev–Trinajstić information content (AvgIpc) is 2.43. The Labute approximate surface area is 125 Å².